The first-order valence-corrected chi connectivity index (χ1v) is 7.50. The van der Waals surface area contributed by atoms with Gasteiger partial charge in [0, 0.05) is 19.5 Å². The standard InChI is InChI=1S/C10H16N4O5S/c1-14(6-5-8(15)18-2)20(16,17)13-10-12-11-9(19-10)7-3-4-7/h7H,3-6H2,1-2H3,(H,12,13). The highest BCUT2D eigenvalue weighted by Crippen LogP contribution is 2.39. The van der Waals surface area contributed by atoms with E-state index in [1.807, 2.05) is 0 Å². The third kappa shape index (κ3) is 3.67. The molecule has 1 aliphatic rings. The lowest BCUT2D eigenvalue weighted by Gasteiger charge is -2.15. The van der Waals surface area contributed by atoms with E-state index in [2.05, 4.69) is 19.7 Å². The predicted octanol–water partition coefficient (Wildman–Crippen LogP) is 0.0986. The van der Waals surface area contributed by atoms with Gasteiger partial charge in [-0.2, -0.15) is 12.7 Å². The summed E-state index contributed by atoms with van der Waals surface area (Å²) in [6.07, 6.45) is 1.92. The van der Waals surface area contributed by atoms with Crippen molar-refractivity contribution in [2.45, 2.75) is 25.2 Å². The number of carbonyl (C=O) groups is 1. The Morgan fingerprint density at radius 1 is 1.50 bits per heavy atom. The van der Waals surface area contributed by atoms with Crippen molar-refractivity contribution in [3.05, 3.63) is 5.89 Å². The van der Waals surface area contributed by atoms with Crippen LogP contribution < -0.4 is 4.72 Å². The molecule has 1 N–H and O–H groups in total. The fourth-order valence-corrected chi connectivity index (χ4v) is 2.22. The van der Waals surface area contributed by atoms with Crippen LogP contribution in [-0.4, -0.2) is 49.6 Å². The van der Waals surface area contributed by atoms with Crippen LogP contribution in [0.3, 0.4) is 0 Å². The van der Waals surface area contributed by atoms with Crippen LogP contribution in [0.5, 0.6) is 0 Å². The lowest BCUT2D eigenvalue weighted by Crippen LogP contribution is -2.34. The van der Waals surface area contributed by atoms with Crippen LogP contribution in [0.25, 0.3) is 0 Å². The Bertz CT molecular complexity index is 580. The monoisotopic (exact) mass is 304 g/mol. The van der Waals surface area contributed by atoms with Crippen molar-refractivity contribution in [1.29, 1.82) is 0 Å². The first-order valence-electron chi connectivity index (χ1n) is 6.06. The van der Waals surface area contributed by atoms with Crippen LogP contribution >= 0.6 is 0 Å². The third-order valence-corrected chi connectivity index (χ3v) is 4.29. The van der Waals surface area contributed by atoms with E-state index < -0.39 is 16.2 Å². The average molecular weight is 304 g/mol. The minimum Gasteiger partial charge on any atom is -0.469 e. The Morgan fingerprint density at radius 2 is 2.20 bits per heavy atom. The van der Waals surface area contributed by atoms with E-state index in [-0.39, 0.29) is 24.9 Å². The molecule has 0 aliphatic heterocycles. The van der Waals surface area contributed by atoms with Gasteiger partial charge in [-0.25, -0.2) is 4.72 Å². The lowest BCUT2D eigenvalue weighted by molar-refractivity contribution is -0.140. The number of aromatic nitrogens is 2. The molecule has 9 nitrogen and oxygen atoms in total. The van der Waals surface area contributed by atoms with Crippen molar-refractivity contribution in [2.24, 2.45) is 0 Å². The van der Waals surface area contributed by atoms with Gasteiger partial charge >= 0.3 is 22.2 Å². The summed E-state index contributed by atoms with van der Waals surface area (Å²) in [7, 11) is -1.25. The maximum atomic E-state index is 11.9. The van der Waals surface area contributed by atoms with E-state index in [1.165, 1.54) is 14.2 Å². The average Bonchev–Trinajstić information content (AvgIpc) is 3.16. The van der Waals surface area contributed by atoms with Gasteiger partial charge in [-0.1, -0.05) is 5.10 Å². The number of nitrogens with zero attached hydrogens (tertiary/aromatic N) is 3. The highest BCUT2D eigenvalue weighted by molar-refractivity contribution is 7.90. The molecule has 0 saturated heterocycles. The molecule has 112 valence electrons. The minimum absolute atomic E-state index is 0.00831. The number of hydrogen-bond acceptors (Lipinski definition) is 7. The molecule has 1 aromatic rings. The molecule has 0 aromatic carbocycles. The van der Waals surface area contributed by atoms with Gasteiger partial charge < -0.3 is 9.15 Å². The zero-order valence-electron chi connectivity index (χ0n) is 11.2. The van der Waals surface area contributed by atoms with E-state index in [1.54, 1.807) is 0 Å². The molecule has 0 amide bonds. The van der Waals surface area contributed by atoms with Crippen LogP contribution in [0, 0.1) is 0 Å². The Morgan fingerprint density at radius 3 is 2.80 bits per heavy atom. The fraction of sp³-hybridized carbons (Fsp3) is 0.700. The molecule has 0 radical (unpaired) electrons. The van der Waals surface area contributed by atoms with Crippen molar-refractivity contribution in [2.75, 3.05) is 25.4 Å². The van der Waals surface area contributed by atoms with Gasteiger partial charge in [-0.3, -0.25) is 4.79 Å². The number of hydrogen-bond donors (Lipinski definition) is 1. The third-order valence-electron chi connectivity index (χ3n) is 2.85. The summed E-state index contributed by atoms with van der Waals surface area (Å²) in [5, 5.41) is 7.40. The van der Waals surface area contributed by atoms with Gasteiger partial charge in [0.15, 0.2) is 0 Å². The first kappa shape index (κ1) is 14.7. The van der Waals surface area contributed by atoms with Crippen molar-refractivity contribution >= 4 is 22.2 Å². The molecule has 0 bridgehead atoms. The summed E-state index contributed by atoms with van der Waals surface area (Å²) in [6.45, 7) is -0.00831. The van der Waals surface area contributed by atoms with Gasteiger partial charge in [0.25, 0.3) is 0 Å². The van der Waals surface area contributed by atoms with E-state index in [0.29, 0.717) is 5.89 Å². The quantitative estimate of drug-likeness (QED) is 0.710. The topological polar surface area (TPSA) is 115 Å². The number of nitrogens with one attached hydrogen (secondary N) is 1. The van der Waals surface area contributed by atoms with Crippen molar-refractivity contribution in [3.8, 4) is 0 Å². The lowest BCUT2D eigenvalue weighted by atomic mass is 10.4. The molecule has 0 atom stereocenters. The van der Waals surface area contributed by atoms with Gasteiger partial charge in [0.2, 0.25) is 5.89 Å². The van der Waals surface area contributed by atoms with Gasteiger partial charge in [0.05, 0.1) is 13.5 Å². The number of esters is 1. The Labute approximate surface area is 116 Å². The summed E-state index contributed by atoms with van der Waals surface area (Å²) in [6, 6.07) is -0.170. The highest BCUT2D eigenvalue weighted by atomic mass is 32.2. The van der Waals surface area contributed by atoms with Crippen LogP contribution in [-0.2, 0) is 19.7 Å². The fourth-order valence-electron chi connectivity index (χ4n) is 1.43. The number of carbonyl (C=O) groups excluding carboxylic acids is 1. The molecule has 0 unspecified atom stereocenters. The molecule has 1 fully saturated rings. The molecule has 1 aromatic heterocycles. The number of anilines is 1. The molecule has 10 heteroatoms. The summed E-state index contributed by atoms with van der Waals surface area (Å²) in [5.41, 5.74) is 0. The van der Waals surface area contributed by atoms with Gasteiger partial charge in [0.1, 0.15) is 0 Å². The van der Waals surface area contributed by atoms with Crippen molar-refractivity contribution in [1.82, 2.24) is 14.5 Å². The maximum absolute atomic E-state index is 11.9. The highest BCUT2D eigenvalue weighted by Gasteiger charge is 2.30. The Hall–Kier alpha value is -1.68. The van der Waals surface area contributed by atoms with Crippen LogP contribution in [0.15, 0.2) is 4.42 Å². The summed E-state index contributed by atoms with van der Waals surface area (Å²) >= 11 is 0. The first-order chi connectivity index (χ1) is 9.42. The van der Waals surface area contributed by atoms with Gasteiger partial charge in [-0.15, -0.1) is 5.10 Å². The van der Waals surface area contributed by atoms with Gasteiger partial charge in [-0.05, 0) is 12.8 Å². The minimum atomic E-state index is -3.83. The Kier molecular flexibility index (Phi) is 4.23. The molecule has 1 aliphatic carbocycles. The van der Waals surface area contributed by atoms with E-state index in [0.717, 1.165) is 17.1 Å². The number of ether oxygens (including phenoxy) is 1. The SMILES string of the molecule is COC(=O)CCN(C)S(=O)(=O)Nc1nnc(C2CC2)o1. The Balaban J connectivity index is 1.92. The zero-order chi connectivity index (χ0) is 14.8. The second-order valence-electron chi connectivity index (χ2n) is 4.47. The molecular formula is C10H16N4O5S. The number of rotatable bonds is 7. The zero-order valence-corrected chi connectivity index (χ0v) is 12.0. The van der Waals surface area contributed by atoms with Crippen molar-refractivity contribution in [3.63, 3.8) is 0 Å². The smallest absolute Gasteiger partial charge is 0.330 e. The van der Waals surface area contributed by atoms with E-state index in [9.17, 15) is 13.2 Å². The number of methoxy groups -OCH3 is 1. The molecule has 1 heterocycles. The summed E-state index contributed by atoms with van der Waals surface area (Å²) in [4.78, 5) is 11.0. The largest absolute Gasteiger partial charge is 0.469 e. The second kappa shape index (κ2) is 5.75. The molecule has 20 heavy (non-hydrogen) atoms. The van der Waals surface area contributed by atoms with Crippen LogP contribution in [0.4, 0.5) is 6.01 Å². The normalized spacial score (nSPS) is 15.3. The molecule has 2 rings (SSSR count). The van der Waals surface area contributed by atoms with Crippen LogP contribution in [0.2, 0.25) is 0 Å². The van der Waals surface area contributed by atoms with E-state index in [4.69, 9.17) is 4.42 Å². The molecule has 1 saturated carbocycles. The van der Waals surface area contributed by atoms with Crippen molar-refractivity contribution < 1.29 is 22.4 Å². The second-order valence-corrected chi connectivity index (χ2v) is 6.25. The van der Waals surface area contributed by atoms with E-state index >= 15 is 0 Å². The summed E-state index contributed by atoms with van der Waals surface area (Å²) < 4.78 is 36.7. The predicted molar refractivity (Wildman–Crippen MR) is 68.1 cm³/mol. The summed E-state index contributed by atoms with van der Waals surface area (Å²) in [5.74, 6) is 0.207. The van der Waals surface area contributed by atoms with Crippen LogP contribution in [0.1, 0.15) is 31.1 Å². The molecule has 0 spiro atoms. The molecular weight excluding hydrogens is 288 g/mol. The maximum Gasteiger partial charge on any atom is 0.330 e.